The molecule has 0 aliphatic heterocycles. The molecule has 0 aromatic heterocycles. The molecule has 5 heteroatoms. The maximum atomic E-state index is 12.0. The van der Waals surface area contributed by atoms with Gasteiger partial charge in [0, 0.05) is 0 Å². The third-order valence-electron chi connectivity index (χ3n) is 3.58. The number of hydrogen-bond donors (Lipinski definition) is 3. The summed E-state index contributed by atoms with van der Waals surface area (Å²) >= 11 is 0. The van der Waals surface area contributed by atoms with Crippen molar-refractivity contribution in [2.75, 3.05) is 13.2 Å². The number of hydrogen-bond acceptors (Lipinski definition) is 4. The minimum absolute atomic E-state index is 0.0907. The first-order valence-electron chi connectivity index (χ1n) is 7.90. The maximum Gasteiger partial charge on any atom is 0.237 e. The average molecular weight is 307 g/mol. The summed E-state index contributed by atoms with van der Waals surface area (Å²) in [7, 11) is 0. The number of nitrogens with one attached hydrogen (secondary N) is 1. The van der Waals surface area contributed by atoms with Crippen LogP contribution in [0.4, 0.5) is 0 Å². The monoisotopic (exact) mass is 307 g/mol. The Labute approximate surface area is 133 Å². The van der Waals surface area contributed by atoms with Gasteiger partial charge in [-0.3, -0.25) is 4.79 Å². The molecule has 124 valence electrons. The molecule has 1 rings (SSSR count). The van der Waals surface area contributed by atoms with Crippen LogP contribution in [-0.2, 0) is 4.79 Å². The predicted octanol–water partition coefficient (Wildman–Crippen LogP) is 1.64. The summed E-state index contributed by atoms with van der Waals surface area (Å²) in [6.45, 7) is 7.00. The van der Waals surface area contributed by atoms with E-state index in [-0.39, 0.29) is 11.9 Å². The molecule has 0 aliphatic carbocycles. The summed E-state index contributed by atoms with van der Waals surface area (Å²) in [6, 6.07) is 5.46. The fourth-order valence-corrected chi connectivity index (χ4v) is 2.27. The Morgan fingerprint density at radius 2 is 1.91 bits per heavy atom. The molecule has 0 saturated carbocycles. The minimum Gasteiger partial charge on any atom is -0.491 e. The number of aryl methyl sites for hydroxylation is 2. The summed E-state index contributed by atoms with van der Waals surface area (Å²) in [5.74, 6) is 0.755. The van der Waals surface area contributed by atoms with E-state index in [1.807, 2.05) is 39.0 Å². The third kappa shape index (κ3) is 6.03. The maximum absolute atomic E-state index is 12.0. The van der Waals surface area contributed by atoms with Gasteiger partial charge in [0.2, 0.25) is 5.91 Å². The van der Waals surface area contributed by atoms with E-state index < -0.39 is 6.04 Å². The predicted molar refractivity (Wildman–Crippen MR) is 89.9 cm³/mol. The van der Waals surface area contributed by atoms with Crippen LogP contribution >= 0.6 is 0 Å². The molecular weight excluding hydrogens is 278 g/mol. The fourth-order valence-electron chi connectivity index (χ4n) is 2.27. The SMILES string of the molecule is Cc1cccc(C)c1OCC(C)NC(=O)[C@@H](N)CCCCN. The molecule has 0 heterocycles. The summed E-state index contributed by atoms with van der Waals surface area (Å²) in [5, 5.41) is 2.90. The molecule has 1 aromatic carbocycles. The topological polar surface area (TPSA) is 90.4 Å². The number of nitrogens with two attached hydrogens (primary N) is 2. The Hall–Kier alpha value is -1.59. The molecule has 22 heavy (non-hydrogen) atoms. The molecule has 0 saturated heterocycles. The van der Waals surface area contributed by atoms with Crippen LogP contribution < -0.4 is 21.5 Å². The van der Waals surface area contributed by atoms with Gasteiger partial charge in [-0.05, 0) is 51.3 Å². The molecule has 1 amide bonds. The normalized spacial score (nSPS) is 13.5. The number of unbranched alkanes of at least 4 members (excludes halogenated alkanes) is 1. The standard InChI is InChI=1S/C17H29N3O2/c1-12-7-6-8-13(2)16(12)22-11-14(3)20-17(21)15(19)9-4-5-10-18/h6-8,14-15H,4-5,9-11,18-19H2,1-3H3,(H,20,21)/t14?,15-/m0/s1. The quantitative estimate of drug-likeness (QED) is 0.605. The lowest BCUT2D eigenvalue weighted by molar-refractivity contribution is -0.123. The van der Waals surface area contributed by atoms with Crippen molar-refractivity contribution < 1.29 is 9.53 Å². The van der Waals surface area contributed by atoms with Crippen molar-refractivity contribution in [2.24, 2.45) is 11.5 Å². The number of carbonyl (C=O) groups excluding carboxylic acids is 1. The van der Waals surface area contributed by atoms with Crippen molar-refractivity contribution in [3.63, 3.8) is 0 Å². The lowest BCUT2D eigenvalue weighted by Gasteiger charge is -2.19. The zero-order valence-electron chi connectivity index (χ0n) is 13.9. The van der Waals surface area contributed by atoms with E-state index in [0.29, 0.717) is 19.6 Å². The Kier molecular flexibility index (Phi) is 7.91. The summed E-state index contributed by atoms with van der Waals surface area (Å²) in [4.78, 5) is 12.0. The fraction of sp³-hybridized carbons (Fsp3) is 0.588. The Bertz CT molecular complexity index is 457. The van der Waals surface area contributed by atoms with Gasteiger partial charge in [0.05, 0.1) is 12.1 Å². The highest BCUT2D eigenvalue weighted by molar-refractivity contribution is 5.81. The Morgan fingerprint density at radius 1 is 1.27 bits per heavy atom. The summed E-state index contributed by atoms with van der Waals surface area (Å²) in [6.07, 6.45) is 2.43. The van der Waals surface area contributed by atoms with Gasteiger partial charge in [0.25, 0.3) is 0 Å². The molecule has 0 aliphatic rings. The molecule has 1 unspecified atom stereocenters. The highest BCUT2D eigenvalue weighted by atomic mass is 16.5. The average Bonchev–Trinajstić information content (AvgIpc) is 2.46. The highest BCUT2D eigenvalue weighted by Crippen LogP contribution is 2.22. The smallest absolute Gasteiger partial charge is 0.237 e. The van der Waals surface area contributed by atoms with Gasteiger partial charge >= 0.3 is 0 Å². The number of ether oxygens (including phenoxy) is 1. The summed E-state index contributed by atoms with van der Waals surface area (Å²) in [5.41, 5.74) is 13.5. The second-order valence-corrected chi connectivity index (χ2v) is 5.83. The van der Waals surface area contributed by atoms with E-state index in [9.17, 15) is 4.79 Å². The summed E-state index contributed by atoms with van der Waals surface area (Å²) < 4.78 is 5.84. The van der Waals surface area contributed by atoms with E-state index in [1.165, 1.54) is 0 Å². The van der Waals surface area contributed by atoms with Crippen LogP contribution in [-0.4, -0.2) is 31.1 Å². The molecular formula is C17H29N3O2. The number of carbonyl (C=O) groups is 1. The van der Waals surface area contributed by atoms with E-state index in [0.717, 1.165) is 29.7 Å². The van der Waals surface area contributed by atoms with Crippen LogP contribution in [0.2, 0.25) is 0 Å². The highest BCUT2D eigenvalue weighted by Gasteiger charge is 2.16. The number of amides is 1. The largest absolute Gasteiger partial charge is 0.491 e. The van der Waals surface area contributed by atoms with Gasteiger partial charge < -0.3 is 21.5 Å². The Balaban J connectivity index is 2.39. The number of rotatable bonds is 9. The van der Waals surface area contributed by atoms with Crippen LogP contribution in [0.3, 0.4) is 0 Å². The molecule has 5 N–H and O–H groups in total. The van der Waals surface area contributed by atoms with E-state index in [1.54, 1.807) is 0 Å². The molecule has 0 bridgehead atoms. The zero-order valence-corrected chi connectivity index (χ0v) is 13.9. The Morgan fingerprint density at radius 3 is 2.50 bits per heavy atom. The van der Waals surface area contributed by atoms with Crippen LogP contribution in [0.25, 0.3) is 0 Å². The van der Waals surface area contributed by atoms with Crippen LogP contribution in [0.5, 0.6) is 5.75 Å². The molecule has 0 fully saturated rings. The molecule has 0 spiro atoms. The van der Waals surface area contributed by atoms with Gasteiger partial charge in [-0.2, -0.15) is 0 Å². The van der Waals surface area contributed by atoms with Crippen molar-refractivity contribution in [1.29, 1.82) is 0 Å². The molecule has 5 nitrogen and oxygen atoms in total. The van der Waals surface area contributed by atoms with Gasteiger partial charge in [-0.25, -0.2) is 0 Å². The van der Waals surface area contributed by atoms with Crippen molar-refractivity contribution >= 4 is 5.91 Å². The first-order chi connectivity index (χ1) is 10.5. The minimum atomic E-state index is -0.478. The second-order valence-electron chi connectivity index (χ2n) is 5.83. The van der Waals surface area contributed by atoms with Crippen molar-refractivity contribution in [3.05, 3.63) is 29.3 Å². The number of benzene rings is 1. The van der Waals surface area contributed by atoms with Crippen molar-refractivity contribution in [3.8, 4) is 5.75 Å². The van der Waals surface area contributed by atoms with Gasteiger partial charge in [-0.1, -0.05) is 24.6 Å². The van der Waals surface area contributed by atoms with Crippen molar-refractivity contribution in [1.82, 2.24) is 5.32 Å². The van der Waals surface area contributed by atoms with Crippen molar-refractivity contribution in [2.45, 2.75) is 52.1 Å². The first kappa shape index (κ1) is 18.5. The molecule has 2 atom stereocenters. The second kappa shape index (κ2) is 9.43. The third-order valence-corrected chi connectivity index (χ3v) is 3.58. The van der Waals surface area contributed by atoms with E-state index >= 15 is 0 Å². The van der Waals surface area contributed by atoms with Crippen LogP contribution in [0, 0.1) is 13.8 Å². The van der Waals surface area contributed by atoms with E-state index in [4.69, 9.17) is 16.2 Å². The first-order valence-corrected chi connectivity index (χ1v) is 7.90. The van der Waals surface area contributed by atoms with Crippen LogP contribution in [0.1, 0.15) is 37.3 Å². The molecule has 0 radical (unpaired) electrons. The zero-order chi connectivity index (χ0) is 16.5. The molecule has 1 aromatic rings. The lowest BCUT2D eigenvalue weighted by atomic mass is 10.1. The van der Waals surface area contributed by atoms with Gasteiger partial charge in [0.15, 0.2) is 0 Å². The van der Waals surface area contributed by atoms with Gasteiger partial charge in [-0.15, -0.1) is 0 Å². The van der Waals surface area contributed by atoms with Gasteiger partial charge in [0.1, 0.15) is 12.4 Å². The van der Waals surface area contributed by atoms with E-state index in [2.05, 4.69) is 5.32 Å². The van der Waals surface area contributed by atoms with Crippen LogP contribution in [0.15, 0.2) is 18.2 Å². The number of para-hydroxylation sites is 1. The lowest BCUT2D eigenvalue weighted by Crippen LogP contribution is -2.46.